The maximum atomic E-state index is 12.2. The lowest BCUT2D eigenvalue weighted by Gasteiger charge is -2.04. The molecule has 82 valence electrons. The molecule has 0 heterocycles. The molecule has 1 rings (SSSR count). The van der Waals surface area contributed by atoms with Crippen LogP contribution in [0.3, 0.4) is 0 Å². The summed E-state index contributed by atoms with van der Waals surface area (Å²) in [4.78, 5) is 0. The van der Waals surface area contributed by atoms with E-state index in [4.69, 9.17) is 10.5 Å². The van der Waals surface area contributed by atoms with Crippen LogP contribution in [0.2, 0.25) is 0 Å². The first kappa shape index (κ1) is 11.7. The Morgan fingerprint density at radius 3 is 2.53 bits per heavy atom. The zero-order valence-corrected chi connectivity index (χ0v) is 8.87. The fourth-order valence-corrected chi connectivity index (χ4v) is 1.30. The lowest BCUT2D eigenvalue weighted by atomic mass is 10.1. The average molecular weight is 209 g/mol. The maximum Gasteiger partial charge on any atom is 0.118 e. The van der Waals surface area contributed by atoms with Crippen LogP contribution < -0.4 is 10.5 Å². The van der Waals surface area contributed by atoms with Crippen molar-refractivity contribution >= 4 is 0 Å². The monoisotopic (exact) mass is 209 g/mol. The second-order valence-electron chi connectivity index (χ2n) is 3.32. The Balaban J connectivity index is 2.51. The fraction of sp³-hybridized carbons (Fsp3) is 0.333. The van der Waals surface area contributed by atoms with Crippen molar-refractivity contribution < 1.29 is 9.13 Å². The van der Waals surface area contributed by atoms with Gasteiger partial charge >= 0.3 is 0 Å². The average Bonchev–Trinajstić information content (AvgIpc) is 2.31. The molecular weight excluding hydrogens is 193 g/mol. The number of halogens is 1. The van der Waals surface area contributed by atoms with E-state index in [0.29, 0.717) is 18.3 Å². The van der Waals surface area contributed by atoms with Gasteiger partial charge in [-0.3, -0.25) is 0 Å². The summed E-state index contributed by atoms with van der Waals surface area (Å²) in [6, 6.07) is 7.75. The SMILES string of the molecule is COc1ccc(CC/C(=C/F)CN)cc1. The van der Waals surface area contributed by atoms with Crippen LogP contribution in [0.5, 0.6) is 5.75 Å². The van der Waals surface area contributed by atoms with Crippen LogP contribution in [0.1, 0.15) is 12.0 Å². The van der Waals surface area contributed by atoms with E-state index in [1.54, 1.807) is 7.11 Å². The molecule has 0 fully saturated rings. The van der Waals surface area contributed by atoms with Crippen molar-refractivity contribution in [1.29, 1.82) is 0 Å². The van der Waals surface area contributed by atoms with Gasteiger partial charge in [-0.15, -0.1) is 0 Å². The van der Waals surface area contributed by atoms with E-state index in [-0.39, 0.29) is 6.54 Å². The second-order valence-corrected chi connectivity index (χ2v) is 3.32. The molecule has 2 nitrogen and oxygen atoms in total. The molecule has 0 amide bonds. The zero-order valence-electron chi connectivity index (χ0n) is 8.87. The first-order valence-electron chi connectivity index (χ1n) is 4.91. The van der Waals surface area contributed by atoms with E-state index in [2.05, 4.69) is 0 Å². The summed E-state index contributed by atoms with van der Waals surface area (Å²) >= 11 is 0. The van der Waals surface area contributed by atoms with Crippen molar-refractivity contribution in [3.63, 3.8) is 0 Å². The van der Waals surface area contributed by atoms with Gasteiger partial charge in [-0.2, -0.15) is 0 Å². The number of hydrogen-bond acceptors (Lipinski definition) is 2. The third-order valence-corrected chi connectivity index (χ3v) is 2.31. The molecule has 0 aliphatic heterocycles. The molecule has 0 saturated carbocycles. The highest BCUT2D eigenvalue weighted by Crippen LogP contribution is 2.14. The molecule has 1 aromatic carbocycles. The highest BCUT2D eigenvalue weighted by molar-refractivity contribution is 5.27. The quantitative estimate of drug-likeness (QED) is 0.808. The van der Waals surface area contributed by atoms with Gasteiger partial charge in [0.25, 0.3) is 0 Å². The van der Waals surface area contributed by atoms with Gasteiger partial charge in [0.1, 0.15) is 5.75 Å². The van der Waals surface area contributed by atoms with Gasteiger partial charge in [-0.1, -0.05) is 12.1 Å². The summed E-state index contributed by atoms with van der Waals surface area (Å²) in [7, 11) is 1.63. The lowest BCUT2D eigenvalue weighted by molar-refractivity contribution is 0.414. The van der Waals surface area contributed by atoms with Gasteiger partial charge in [0, 0.05) is 6.54 Å². The van der Waals surface area contributed by atoms with Crippen molar-refractivity contribution in [3.8, 4) is 5.75 Å². The number of hydrogen-bond donors (Lipinski definition) is 1. The molecule has 2 N–H and O–H groups in total. The highest BCUT2D eigenvalue weighted by atomic mass is 19.1. The minimum Gasteiger partial charge on any atom is -0.497 e. The third kappa shape index (κ3) is 3.72. The number of aryl methyl sites for hydroxylation is 1. The Bertz CT molecular complexity index is 319. The summed E-state index contributed by atoms with van der Waals surface area (Å²) in [5.74, 6) is 0.832. The van der Waals surface area contributed by atoms with Crippen molar-refractivity contribution in [3.05, 3.63) is 41.7 Å². The molecule has 0 atom stereocenters. The molecule has 0 spiro atoms. The van der Waals surface area contributed by atoms with E-state index < -0.39 is 0 Å². The normalized spacial score (nSPS) is 11.5. The smallest absolute Gasteiger partial charge is 0.118 e. The van der Waals surface area contributed by atoms with Gasteiger partial charge in [-0.25, -0.2) is 4.39 Å². The standard InChI is InChI=1S/C12H16FNO/c1-15-12-6-4-10(5-7-12)2-3-11(8-13)9-14/h4-8H,2-3,9,14H2,1H3/b11-8-. The Kier molecular flexibility index (Phi) is 4.84. The van der Waals surface area contributed by atoms with Crippen molar-refractivity contribution in [2.45, 2.75) is 12.8 Å². The van der Waals surface area contributed by atoms with Crippen LogP contribution in [0.25, 0.3) is 0 Å². The van der Waals surface area contributed by atoms with Crippen LogP contribution in [-0.4, -0.2) is 13.7 Å². The van der Waals surface area contributed by atoms with Crippen molar-refractivity contribution in [1.82, 2.24) is 0 Å². The fourth-order valence-electron chi connectivity index (χ4n) is 1.30. The number of nitrogens with two attached hydrogens (primary N) is 1. The maximum absolute atomic E-state index is 12.2. The van der Waals surface area contributed by atoms with E-state index in [0.717, 1.165) is 17.7 Å². The molecule has 3 heteroatoms. The van der Waals surface area contributed by atoms with Crippen LogP contribution >= 0.6 is 0 Å². The minimum atomic E-state index is 0.284. The van der Waals surface area contributed by atoms with E-state index in [1.807, 2.05) is 24.3 Å². The molecule has 0 radical (unpaired) electrons. The highest BCUT2D eigenvalue weighted by Gasteiger charge is 1.98. The number of rotatable bonds is 5. The van der Waals surface area contributed by atoms with Crippen molar-refractivity contribution in [2.24, 2.45) is 5.73 Å². The minimum absolute atomic E-state index is 0.284. The molecule has 15 heavy (non-hydrogen) atoms. The summed E-state index contributed by atoms with van der Waals surface area (Å²) in [5.41, 5.74) is 7.17. The molecule has 0 bridgehead atoms. The predicted octanol–water partition coefficient (Wildman–Crippen LogP) is 2.44. The van der Waals surface area contributed by atoms with Crippen LogP contribution in [0.15, 0.2) is 36.2 Å². The molecule has 0 unspecified atom stereocenters. The van der Waals surface area contributed by atoms with Gasteiger partial charge in [0.2, 0.25) is 0 Å². The van der Waals surface area contributed by atoms with Crippen LogP contribution in [0.4, 0.5) is 4.39 Å². The van der Waals surface area contributed by atoms with Gasteiger partial charge in [-0.05, 0) is 36.1 Å². The van der Waals surface area contributed by atoms with Crippen LogP contribution in [0, 0.1) is 0 Å². The zero-order chi connectivity index (χ0) is 11.1. The molecule has 0 aliphatic rings. The van der Waals surface area contributed by atoms with E-state index in [9.17, 15) is 4.39 Å². The second kappa shape index (κ2) is 6.19. The molecule has 1 aromatic rings. The Morgan fingerprint density at radius 2 is 2.07 bits per heavy atom. The Hall–Kier alpha value is -1.35. The summed E-state index contributed by atoms with van der Waals surface area (Å²) < 4.78 is 17.3. The molecule has 0 aliphatic carbocycles. The summed E-state index contributed by atoms with van der Waals surface area (Å²) in [6.45, 7) is 0.284. The number of methoxy groups -OCH3 is 1. The largest absolute Gasteiger partial charge is 0.497 e. The first-order valence-corrected chi connectivity index (χ1v) is 4.91. The van der Waals surface area contributed by atoms with E-state index >= 15 is 0 Å². The van der Waals surface area contributed by atoms with E-state index in [1.165, 1.54) is 0 Å². The molecular formula is C12H16FNO. The van der Waals surface area contributed by atoms with Gasteiger partial charge in [0.05, 0.1) is 13.4 Å². The summed E-state index contributed by atoms with van der Waals surface area (Å²) in [5, 5.41) is 0. The van der Waals surface area contributed by atoms with Crippen LogP contribution in [-0.2, 0) is 6.42 Å². The van der Waals surface area contributed by atoms with Gasteiger partial charge < -0.3 is 10.5 Å². The molecule has 0 aromatic heterocycles. The third-order valence-electron chi connectivity index (χ3n) is 2.31. The Labute approximate surface area is 89.6 Å². The number of benzene rings is 1. The Morgan fingerprint density at radius 1 is 1.40 bits per heavy atom. The lowest BCUT2D eigenvalue weighted by Crippen LogP contribution is -2.03. The first-order chi connectivity index (χ1) is 7.30. The topological polar surface area (TPSA) is 35.2 Å². The molecule has 0 saturated heterocycles. The predicted molar refractivity (Wildman–Crippen MR) is 59.6 cm³/mol. The van der Waals surface area contributed by atoms with Gasteiger partial charge in [0.15, 0.2) is 0 Å². The van der Waals surface area contributed by atoms with Crippen molar-refractivity contribution in [2.75, 3.05) is 13.7 Å². The summed E-state index contributed by atoms with van der Waals surface area (Å²) in [6.07, 6.45) is 2.07. The number of ether oxygens (including phenoxy) is 1.